The number of methoxy groups -OCH3 is 1. The second kappa shape index (κ2) is 6.55. The summed E-state index contributed by atoms with van der Waals surface area (Å²) in [4.78, 5) is 0.705. The second-order valence-corrected chi connectivity index (χ2v) is 8.00. The molecule has 0 bridgehead atoms. The average Bonchev–Trinajstić information content (AvgIpc) is 2.42. The van der Waals surface area contributed by atoms with Crippen LogP contribution in [0.15, 0.2) is 24.3 Å². The van der Waals surface area contributed by atoms with E-state index in [0.29, 0.717) is 4.99 Å². The molecule has 2 N–H and O–H groups in total. The zero-order valence-electron chi connectivity index (χ0n) is 14.0. The van der Waals surface area contributed by atoms with Crippen LogP contribution < -0.4 is 10.1 Å². The highest BCUT2D eigenvalue weighted by atomic mass is 32.1. The summed E-state index contributed by atoms with van der Waals surface area (Å²) in [5.41, 5.74) is 1.13. The summed E-state index contributed by atoms with van der Waals surface area (Å²) in [5, 5.41) is 13.5. The fourth-order valence-corrected chi connectivity index (χ4v) is 4.18. The van der Waals surface area contributed by atoms with E-state index in [9.17, 15) is 5.11 Å². The molecule has 0 heterocycles. The number of aliphatic hydroxyl groups excluding tert-OH is 1. The molecule has 1 aliphatic carbocycles. The normalized spacial score (nSPS) is 27.2. The van der Waals surface area contributed by atoms with E-state index in [4.69, 9.17) is 17.0 Å². The van der Waals surface area contributed by atoms with E-state index >= 15 is 0 Å². The summed E-state index contributed by atoms with van der Waals surface area (Å²) in [6.07, 6.45) is 2.55. The van der Waals surface area contributed by atoms with Gasteiger partial charge in [0, 0.05) is 6.54 Å². The van der Waals surface area contributed by atoms with Gasteiger partial charge in [0.2, 0.25) is 0 Å². The quantitative estimate of drug-likeness (QED) is 0.832. The zero-order valence-corrected chi connectivity index (χ0v) is 14.8. The summed E-state index contributed by atoms with van der Waals surface area (Å²) < 4.78 is 5.37. The van der Waals surface area contributed by atoms with Crippen molar-refractivity contribution in [2.24, 2.45) is 10.8 Å². The van der Waals surface area contributed by atoms with Crippen LogP contribution in [0, 0.1) is 10.8 Å². The van der Waals surface area contributed by atoms with Gasteiger partial charge in [0.15, 0.2) is 0 Å². The molecule has 122 valence electrons. The summed E-state index contributed by atoms with van der Waals surface area (Å²) in [6.45, 7) is 7.46. The van der Waals surface area contributed by atoms with Gasteiger partial charge in [0.25, 0.3) is 0 Å². The highest BCUT2D eigenvalue weighted by Crippen LogP contribution is 2.45. The minimum Gasteiger partial charge on any atom is -0.496 e. The first-order valence-electron chi connectivity index (χ1n) is 7.84. The van der Waals surface area contributed by atoms with Gasteiger partial charge < -0.3 is 15.2 Å². The number of ether oxygens (including phenoxy) is 1. The van der Waals surface area contributed by atoms with Crippen LogP contribution >= 0.6 is 12.2 Å². The average molecular weight is 321 g/mol. The van der Waals surface area contributed by atoms with Crippen LogP contribution in [0.4, 0.5) is 0 Å². The van der Waals surface area contributed by atoms with Gasteiger partial charge in [0.05, 0.1) is 18.8 Å². The van der Waals surface area contributed by atoms with Crippen LogP contribution in [0.1, 0.15) is 45.6 Å². The lowest BCUT2D eigenvalue weighted by Gasteiger charge is -2.45. The Morgan fingerprint density at radius 1 is 1.32 bits per heavy atom. The number of aliphatic hydroxyl groups is 1. The molecule has 1 aromatic carbocycles. The van der Waals surface area contributed by atoms with Crippen molar-refractivity contribution >= 4 is 17.2 Å². The van der Waals surface area contributed by atoms with Gasteiger partial charge in [-0.1, -0.05) is 45.1 Å². The Morgan fingerprint density at radius 3 is 2.64 bits per heavy atom. The maximum atomic E-state index is 10.2. The molecular formula is C18H27NO2S. The summed E-state index contributed by atoms with van der Waals surface area (Å²) in [6, 6.07) is 7.78. The van der Waals surface area contributed by atoms with Crippen LogP contribution in [0.25, 0.3) is 0 Å². The molecule has 0 aliphatic heterocycles. The number of rotatable bonds is 4. The Hall–Kier alpha value is -1.13. The van der Waals surface area contributed by atoms with Crippen molar-refractivity contribution in [1.82, 2.24) is 5.32 Å². The van der Waals surface area contributed by atoms with Gasteiger partial charge in [-0.15, -0.1) is 0 Å². The molecule has 0 saturated heterocycles. The Morgan fingerprint density at radius 2 is 2.00 bits per heavy atom. The van der Waals surface area contributed by atoms with E-state index in [1.807, 2.05) is 24.3 Å². The summed E-state index contributed by atoms with van der Waals surface area (Å²) in [7, 11) is 1.66. The van der Waals surface area contributed by atoms with Crippen molar-refractivity contribution in [3.8, 4) is 5.75 Å². The van der Waals surface area contributed by atoms with E-state index < -0.39 is 0 Å². The fraction of sp³-hybridized carbons (Fsp3) is 0.611. The molecule has 0 unspecified atom stereocenters. The number of nitrogens with one attached hydrogen (secondary N) is 1. The molecule has 1 saturated carbocycles. The molecule has 2 rings (SSSR count). The number of para-hydroxylation sites is 1. The molecule has 0 amide bonds. The molecule has 22 heavy (non-hydrogen) atoms. The molecule has 0 spiro atoms. The van der Waals surface area contributed by atoms with E-state index in [1.165, 1.54) is 0 Å². The van der Waals surface area contributed by atoms with E-state index in [1.54, 1.807) is 7.11 Å². The molecule has 1 fully saturated rings. The van der Waals surface area contributed by atoms with Gasteiger partial charge in [-0.3, -0.25) is 0 Å². The van der Waals surface area contributed by atoms with Crippen molar-refractivity contribution in [1.29, 1.82) is 0 Å². The van der Waals surface area contributed by atoms with Crippen molar-refractivity contribution in [2.45, 2.75) is 46.1 Å². The molecule has 1 aromatic rings. The molecule has 0 aromatic heterocycles. The third kappa shape index (κ3) is 4.20. The van der Waals surface area contributed by atoms with Gasteiger partial charge in [-0.2, -0.15) is 0 Å². The Balaban J connectivity index is 2.04. The largest absolute Gasteiger partial charge is 0.496 e. The lowest BCUT2D eigenvalue weighted by Crippen LogP contribution is -2.45. The molecule has 1 aliphatic rings. The minimum atomic E-state index is -0.226. The van der Waals surface area contributed by atoms with Gasteiger partial charge >= 0.3 is 0 Å². The fourth-order valence-electron chi connectivity index (χ4n) is 3.93. The summed E-state index contributed by atoms with van der Waals surface area (Å²) >= 11 is 5.53. The topological polar surface area (TPSA) is 41.5 Å². The molecule has 0 radical (unpaired) electrons. The van der Waals surface area contributed by atoms with E-state index in [0.717, 1.165) is 37.1 Å². The van der Waals surface area contributed by atoms with Crippen molar-refractivity contribution < 1.29 is 9.84 Å². The molecule has 4 heteroatoms. The molecule has 3 nitrogen and oxygen atoms in total. The first-order chi connectivity index (χ1) is 10.2. The summed E-state index contributed by atoms with van der Waals surface area (Å²) in [5.74, 6) is 0.786. The third-order valence-electron chi connectivity index (χ3n) is 4.45. The van der Waals surface area contributed by atoms with Crippen LogP contribution in [-0.4, -0.2) is 29.9 Å². The van der Waals surface area contributed by atoms with Gasteiger partial charge in [0.1, 0.15) is 10.7 Å². The molecular weight excluding hydrogens is 294 g/mol. The Labute approximate surface area is 139 Å². The van der Waals surface area contributed by atoms with Gasteiger partial charge in [-0.25, -0.2) is 0 Å². The van der Waals surface area contributed by atoms with E-state index in [-0.39, 0.29) is 16.9 Å². The van der Waals surface area contributed by atoms with Crippen molar-refractivity contribution in [3.63, 3.8) is 0 Å². The predicted octanol–water partition coefficient (Wildman–Crippen LogP) is 3.54. The first-order valence-corrected chi connectivity index (χ1v) is 8.25. The minimum absolute atomic E-state index is 0.0489. The third-order valence-corrected chi connectivity index (χ3v) is 4.81. The predicted molar refractivity (Wildman–Crippen MR) is 94.4 cm³/mol. The van der Waals surface area contributed by atoms with Gasteiger partial charge in [-0.05, 0) is 42.2 Å². The number of hydrogen-bond donors (Lipinski definition) is 2. The highest BCUT2D eigenvalue weighted by molar-refractivity contribution is 7.80. The molecule has 2 atom stereocenters. The standard InChI is InChI=1S/C18H27NO2S/c1-17(2)9-13(20)10-18(3,11-17)12-19-16(22)14-7-5-6-8-15(14)21-4/h5-8,13,20H,9-12H2,1-4H3,(H,19,22)/t13-,18+/m1/s1. The SMILES string of the molecule is COc1ccccc1C(=S)NC[C@@]1(C)C[C@H](O)CC(C)(C)C1. The zero-order chi connectivity index (χ0) is 16.4. The number of benzene rings is 1. The van der Waals surface area contributed by atoms with Crippen molar-refractivity contribution in [3.05, 3.63) is 29.8 Å². The maximum Gasteiger partial charge on any atom is 0.129 e. The number of thiocarbonyl (C=S) groups is 1. The van der Waals surface area contributed by atoms with Crippen molar-refractivity contribution in [2.75, 3.05) is 13.7 Å². The second-order valence-electron chi connectivity index (χ2n) is 7.60. The lowest BCUT2D eigenvalue weighted by atomic mass is 9.63. The Kier molecular flexibility index (Phi) is 5.13. The highest BCUT2D eigenvalue weighted by Gasteiger charge is 2.40. The van der Waals surface area contributed by atoms with Crippen LogP contribution in [-0.2, 0) is 0 Å². The van der Waals surface area contributed by atoms with Crippen LogP contribution in [0.5, 0.6) is 5.75 Å². The smallest absolute Gasteiger partial charge is 0.129 e. The number of hydrogen-bond acceptors (Lipinski definition) is 3. The van der Waals surface area contributed by atoms with Crippen LogP contribution in [0.2, 0.25) is 0 Å². The Bertz CT molecular complexity index is 544. The van der Waals surface area contributed by atoms with E-state index in [2.05, 4.69) is 26.1 Å². The van der Waals surface area contributed by atoms with Crippen LogP contribution in [0.3, 0.4) is 0 Å². The first kappa shape index (κ1) is 17.2. The lowest BCUT2D eigenvalue weighted by molar-refractivity contribution is -0.00680. The monoisotopic (exact) mass is 321 g/mol. The maximum absolute atomic E-state index is 10.2.